The third-order valence-corrected chi connectivity index (χ3v) is 3.09. The van der Waals surface area contributed by atoms with Crippen molar-refractivity contribution < 1.29 is 5.11 Å². The van der Waals surface area contributed by atoms with E-state index in [0.717, 1.165) is 18.2 Å². The molecule has 0 saturated heterocycles. The molecular formula is C13H26N4O. The Balaban J connectivity index is 2.81. The molecule has 1 heterocycles. The molecule has 18 heavy (non-hydrogen) atoms. The molecule has 1 unspecified atom stereocenters. The zero-order valence-electron chi connectivity index (χ0n) is 12.4. The molecule has 0 fully saturated rings. The van der Waals surface area contributed by atoms with Crippen molar-refractivity contribution in [3.05, 3.63) is 11.6 Å². The normalized spacial score (nSPS) is 13.9. The molecule has 0 spiro atoms. The van der Waals surface area contributed by atoms with Crippen LogP contribution in [-0.4, -0.2) is 43.5 Å². The third kappa shape index (κ3) is 3.78. The van der Waals surface area contributed by atoms with Gasteiger partial charge in [-0.2, -0.15) is 0 Å². The summed E-state index contributed by atoms with van der Waals surface area (Å²) in [5.41, 5.74) is 0. The van der Waals surface area contributed by atoms with E-state index in [2.05, 4.69) is 47.4 Å². The van der Waals surface area contributed by atoms with Crippen molar-refractivity contribution in [2.24, 2.45) is 7.05 Å². The van der Waals surface area contributed by atoms with Crippen LogP contribution in [-0.2, 0) is 13.6 Å². The van der Waals surface area contributed by atoms with Crippen molar-refractivity contribution in [1.82, 2.24) is 19.7 Å². The fraction of sp³-hybridized carbons (Fsp3) is 0.846. The lowest BCUT2D eigenvalue weighted by Gasteiger charge is -2.27. The highest BCUT2D eigenvalue weighted by atomic mass is 16.3. The second kappa shape index (κ2) is 6.29. The first-order chi connectivity index (χ1) is 8.32. The highest BCUT2D eigenvalue weighted by molar-refractivity contribution is 4.99. The average Bonchev–Trinajstić information content (AvgIpc) is 2.58. The average molecular weight is 254 g/mol. The van der Waals surface area contributed by atoms with Crippen LogP contribution in [0, 0.1) is 0 Å². The van der Waals surface area contributed by atoms with Gasteiger partial charge in [-0.3, -0.25) is 4.90 Å². The van der Waals surface area contributed by atoms with Crippen LogP contribution >= 0.6 is 0 Å². The molecule has 0 bridgehead atoms. The van der Waals surface area contributed by atoms with Crippen molar-refractivity contribution in [3.63, 3.8) is 0 Å². The molecule has 1 N–H and O–H groups in total. The fourth-order valence-corrected chi connectivity index (χ4v) is 1.99. The molecule has 1 atom stereocenters. The van der Waals surface area contributed by atoms with Crippen molar-refractivity contribution in [3.8, 4) is 0 Å². The van der Waals surface area contributed by atoms with E-state index in [1.54, 1.807) is 0 Å². The van der Waals surface area contributed by atoms with Crippen LogP contribution in [0.3, 0.4) is 0 Å². The summed E-state index contributed by atoms with van der Waals surface area (Å²) in [4.78, 5) is 2.21. The quantitative estimate of drug-likeness (QED) is 0.836. The molecule has 0 aromatic carbocycles. The van der Waals surface area contributed by atoms with E-state index in [1.165, 1.54) is 0 Å². The van der Waals surface area contributed by atoms with Gasteiger partial charge in [0.05, 0.1) is 12.6 Å². The van der Waals surface area contributed by atoms with Gasteiger partial charge >= 0.3 is 0 Å². The molecule has 104 valence electrons. The Morgan fingerprint density at radius 2 is 1.78 bits per heavy atom. The summed E-state index contributed by atoms with van der Waals surface area (Å²) in [7, 11) is 2.01. The highest BCUT2D eigenvalue weighted by Crippen LogP contribution is 2.14. The van der Waals surface area contributed by atoms with Gasteiger partial charge < -0.3 is 9.67 Å². The molecule has 0 aliphatic carbocycles. The maximum Gasteiger partial charge on any atom is 0.146 e. The SMILES string of the molecule is CC(O)CN(Cc1nnc(C(C)C)n1C)C(C)C. The summed E-state index contributed by atoms with van der Waals surface area (Å²) >= 11 is 0. The third-order valence-electron chi connectivity index (χ3n) is 3.09. The van der Waals surface area contributed by atoms with Gasteiger partial charge in [-0.25, -0.2) is 0 Å². The van der Waals surface area contributed by atoms with Gasteiger partial charge in [0.1, 0.15) is 11.6 Å². The Morgan fingerprint density at radius 3 is 2.17 bits per heavy atom. The van der Waals surface area contributed by atoms with Crippen LogP contribution in [0.15, 0.2) is 0 Å². The summed E-state index contributed by atoms with van der Waals surface area (Å²) in [6.07, 6.45) is -0.329. The Labute approximate surface area is 110 Å². The summed E-state index contributed by atoms with van der Waals surface area (Å²) in [5, 5.41) is 18.0. The lowest BCUT2D eigenvalue weighted by Crippen LogP contribution is -2.36. The maximum absolute atomic E-state index is 9.53. The molecule has 0 saturated carbocycles. The smallest absolute Gasteiger partial charge is 0.146 e. The van der Waals surface area contributed by atoms with Crippen LogP contribution in [0.4, 0.5) is 0 Å². The van der Waals surface area contributed by atoms with E-state index in [9.17, 15) is 5.11 Å². The predicted octanol–water partition coefficient (Wildman–Crippen LogP) is 1.53. The summed E-state index contributed by atoms with van der Waals surface area (Å²) in [6.45, 7) is 11.7. The van der Waals surface area contributed by atoms with Crippen LogP contribution < -0.4 is 0 Å². The Morgan fingerprint density at radius 1 is 1.17 bits per heavy atom. The van der Waals surface area contributed by atoms with Crippen molar-refractivity contribution in [2.45, 2.75) is 59.2 Å². The lowest BCUT2D eigenvalue weighted by atomic mass is 10.2. The largest absolute Gasteiger partial charge is 0.392 e. The van der Waals surface area contributed by atoms with Gasteiger partial charge in [-0.05, 0) is 20.8 Å². The summed E-state index contributed by atoms with van der Waals surface area (Å²) in [5.74, 6) is 2.33. The molecule has 0 aliphatic rings. The molecule has 5 nitrogen and oxygen atoms in total. The van der Waals surface area contributed by atoms with E-state index in [-0.39, 0.29) is 6.10 Å². The molecule has 0 amide bonds. The molecule has 1 aromatic heterocycles. The van der Waals surface area contributed by atoms with Gasteiger partial charge in [0.25, 0.3) is 0 Å². The minimum absolute atomic E-state index is 0.329. The van der Waals surface area contributed by atoms with Gasteiger partial charge in [-0.15, -0.1) is 10.2 Å². The van der Waals surface area contributed by atoms with Crippen LogP contribution in [0.5, 0.6) is 0 Å². The molecule has 5 heteroatoms. The molecular weight excluding hydrogens is 228 g/mol. The first kappa shape index (κ1) is 15.1. The molecule has 1 aromatic rings. The Hall–Kier alpha value is -0.940. The second-order valence-corrected chi connectivity index (χ2v) is 5.56. The van der Waals surface area contributed by atoms with Gasteiger partial charge in [0.2, 0.25) is 0 Å². The summed E-state index contributed by atoms with van der Waals surface area (Å²) in [6, 6.07) is 0.374. The van der Waals surface area contributed by atoms with Gasteiger partial charge in [0.15, 0.2) is 0 Å². The van der Waals surface area contributed by atoms with E-state index in [1.807, 2.05) is 14.0 Å². The van der Waals surface area contributed by atoms with E-state index >= 15 is 0 Å². The predicted molar refractivity (Wildman–Crippen MR) is 72.3 cm³/mol. The number of rotatable bonds is 6. The van der Waals surface area contributed by atoms with Crippen molar-refractivity contribution >= 4 is 0 Å². The van der Waals surface area contributed by atoms with Crippen LogP contribution in [0.2, 0.25) is 0 Å². The number of aromatic nitrogens is 3. The minimum atomic E-state index is -0.329. The van der Waals surface area contributed by atoms with E-state index in [4.69, 9.17) is 0 Å². The number of hydrogen-bond donors (Lipinski definition) is 1. The number of nitrogens with zero attached hydrogens (tertiary/aromatic N) is 4. The van der Waals surface area contributed by atoms with Gasteiger partial charge in [0, 0.05) is 25.6 Å². The topological polar surface area (TPSA) is 54.2 Å². The van der Waals surface area contributed by atoms with E-state index in [0.29, 0.717) is 18.5 Å². The van der Waals surface area contributed by atoms with Crippen molar-refractivity contribution in [2.75, 3.05) is 6.54 Å². The van der Waals surface area contributed by atoms with Crippen molar-refractivity contribution in [1.29, 1.82) is 0 Å². The van der Waals surface area contributed by atoms with Crippen LogP contribution in [0.25, 0.3) is 0 Å². The highest BCUT2D eigenvalue weighted by Gasteiger charge is 2.17. The van der Waals surface area contributed by atoms with Gasteiger partial charge in [-0.1, -0.05) is 13.8 Å². The monoisotopic (exact) mass is 254 g/mol. The van der Waals surface area contributed by atoms with Crippen LogP contribution in [0.1, 0.15) is 52.2 Å². The number of aliphatic hydroxyl groups excluding tert-OH is 1. The number of hydrogen-bond acceptors (Lipinski definition) is 4. The maximum atomic E-state index is 9.53. The zero-order valence-corrected chi connectivity index (χ0v) is 12.4. The second-order valence-electron chi connectivity index (χ2n) is 5.56. The minimum Gasteiger partial charge on any atom is -0.392 e. The standard InChI is InChI=1S/C13H26N4O/c1-9(2)13-15-14-12(16(13)6)8-17(10(3)4)7-11(5)18/h9-11,18H,7-8H2,1-6H3. The zero-order chi connectivity index (χ0) is 13.9. The Kier molecular flexibility index (Phi) is 5.28. The fourth-order valence-electron chi connectivity index (χ4n) is 1.99. The first-order valence-corrected chi connectivity index (χ1v) is 6.63. The summed E-state index contributed by atoms with van der Waals surface area (Å²) < 4.78 is 2.06. The number of aliphatic hydroxyl groups is 1. The molecule has 0 aliphatic heterocycles. The lowest BCUT2D eigenvalue weighted by molar-refractivity contribution is 0.100. The molecule has 0 radical (unpaired) electrons. The first-order valence-electron chi connectivity index (χ1n) is 6.63. The Bertz CT molecular complexity index is 371. The molecule has 1 rings (SSSR count). The van der Waals surface area contributed by atoms with E-state index < -0.39 is 0 Å².